The minimum Gasteiger partial charge on any atom is -0.353 e. The van der Waals surface area contributed by atoms with E-state index in [9.17, 15) is 8.42 Å². The van der Waals surface area contributed by atoms with Gasteiger partial charge in [0.05, 0.1) is 9.92 Å². The second kappa shape index (κ2) is 8.76. The third kappa shape index (κ3) is 5.12. The number of aromatic nitrogens is 1. The number of hydrogen-bond acceptors (Lipinski definition) is 5. The molecule has 28 heavy (non-hydrogen) atoms. The van der Waals surface area contributed by atoms with Crippen LogP contribution in [-0.2, 0) is 16.6 Å². The fourth-order valence-corrected chi connectivity index (χ4v) is 3.91. The number of hydrogen-bond donors (Lipinski definition) is 3. The molecule has 0 amide bonds. The predicted molar refractivity (Wildman–Crippen MR) is 111 cm³/mol. The van der Waals surface area contributed by atoms with E-state index in [0.29, 0.717) is 17.5 Å². The molecule has 150 valence electrons. The maximum atomic E-state index is 11.5. The number of pyridine rings is 1. The second-order valence-corrected chi connectivity index (χ2v) is 8.47. The summed E-state index contributed by atoms with van der Waals surface area (Å²) in [5.41, 5.74) is 0.794. The van der Waals surface area contributed by atoms with Crippen LogP contribution in [0.2, 0.25) is 5.02 Å². The molecule has 10 heteroatoms. The molecule has 2 heterocycles. The molecule has 1 aromatic heterocycles. The Labute approximate surface area is 169 Å². The van der Waals surface area contributed by atoms with Crippen molar-refractivity contribution < 1.29 is 8.42 Å². The Balaban J connectivity index is 1.57. The first-order valence-corrected chi connectivity index (χ1v) is 10.7. The minimum atomic E-state index is -3.72. The van der Waals surface area contributed by atoms with E-state index in [1.54, 1.807) is 25.4 Å². The molecular formula is C18H23ClN6O2S. The molecule has 3 rings (SSSR count). The van der Waals surface area contributed by atoms with Gasteiger partial charge in [0.1, 0.15) is 5.82 Å². The molecule has 1 saturated heterocycles. The normalized spacial score (nSPS) is 17.6. The molecular weight excluding hydrogens is 400 g/mol. The molecule has 4 N–H and O–H groups in total. The summed E-state index contributed by atoms with van der Waals surface area (Å²) in [6.07, 6.45) is 2.66. The van der Waals surface area contributed by atoms with E-state index in [4.69, 9.17) is 16.7 Å². The Morgan fingerprint density at radius 3 is 2.93 bits per heavy atom. The molecule has 0 saturated carbocycles. The van der Waals surface area contributed by atoms with Crippen molar-refractivity contribution in [3.8, 4) is 0 Å². The van der Waals surface area contributed by atoms with Gasteiger partial charge < -0.3 is 15.5 Å². The van der Waals surface area contributed by atoms with Gasteiger partial charge in [-0.15, -0.1) is 0 Å². The predicted octanol–water partition coefficient (Wildman–Crippen LogP) is 1.33. The summed E-state index contributed by atoms with van der Waals surface area (Å²) in [6, 6.07) is 10.4. The molecule has 1 aliphatic heterocycles. The third-order valence-electron chi connectivity index (χ3n) is 4.48. The third-order valence-corrected chi connectivity index (χ3v) is 5.68. The SMILES string of the molecule is CN=C(NCc1cccc(S(N)(=O)=O)c1)NC1CCN(c2ncccc2Cl)C1. The van der Waals surface area contributed by atoms with Crippen molar-refractivity contribution in [3.05, 3.63) is 53.2 Å². The van der Waals surface area contributed by atoms with Gasteiger partial charge in [0.15, 0.2) is 5.96 Å². The van der Waals surface area contributed by atoms with Gasteiger partial charge in [0, 0.05) is 38.9 Å². The van der Waals surface area contributed by atoms with Crippen molar-refractivity contribution in [3.63, 3.8) is 0 Å². The monoisotopic (exact) mass is 422 g/mol. The fourth-order valence-electron chi connectivity index (χ4n) is 3.09. The Morgan fingerprint density at radius 2 is 2.21 bits per heavy atom. The highest BCUT2D eigenvalue weighted by Gasteiger charge is 2.25. The Hall–Kier alpha value is -2.36. The van der Waals surface area contributed by atoms with Gasteiger partial charge in [-0.3, -0.25) is 4.99 Å². The lowest BCUT2D eigenvalue weighted by Gasteiger charge is -2.20. The molecule has 1 aromatic carbocycles. The molecule has 1 fully saturated rings. The number of anilines is 1. The summed E-state index contributed by atoms with van der Waals surface area (Å²) in [5, 5.41) is 12.4. The zero-order valence-electron chi connectivity index (χ0n) is 15.5. The number of nitrogens with zero attached hydrogens (tertiary/aromatic N) is 3. The number of rotatable bonds is 5. The van der Waals surface area contributed by atoms with E-state index in [2.05, 4.69) is 25.5 Å². The number of primary sulfonamides is 1. The van der Waals surface area contributed by atoms with Gasteiger partial charge in [-0.25, -0.2) is 18.5 Å². The van der Waals surface area contributed by atoms with Crippen LogP contribution >= 0.6 is 11.6 Å². The zero-order valence-corrected chi connectivity index (χ0v) is 17.0. The molecule has 0 bridgehead atoms. The average Bonchev–Trinajstić information content (AvgIpc) is 3.13. The van der Waals surface area contributed by atoms with Crippen LogP contribution in [-0.4, -0.2) is 45.5 Å². The smallest absolute Gasteiger partial charge is 0.238 e. The number of nitrogens with one attached hydrogen (secondary N) is 2. The van der Waals surface area contributed by atoms with Gasteiger partial charge in [-0.1, -0.05) is 23.7 Å². The van der Waals surface area contributed by atoms with Crippen molar-refractivity contribution in [2.24, 2.45) is 10.1 Å². The molecule has 1 atom stereocenters. The van der Waals surface area contributed by atoms with Crippen molar-refractivity contribution >= 4 is 33.4 Å². The lowest BCUT2D eigenvalue weighted by Crippen LogP contribution is -2.44. The standard InChI is InChI=1S/C18H23ClN6O2S/c1-21-18(23-11-13-4-2-5-15(10-13)28(20,26)27)24-14-7-9-25(12-14)17-16(19)6-3-8-22-17/h2-6,8,10,14H,7,9,11-12H2,1H3,(H2,20,26,27)(H2,21,23,24). The summed E-state index contributed by atoms with van der Waals surface area (Å²) in [5.74, 6) is 1.43. The summed E-state index contributed by atoms with van der Waals surface area (Å²) >= 11 is 6.24. The molecule has 8 nitrogen and oxygen atoms in total. The van der Waals surface area contributed by atoms with Gasteiger partial charge in [-0.2, -0.15) is 0 Å². The quantitative estimate of drug-likeness (QED) is 0.495. The number of sulfonamides is 1. The lowest BCUT2D eigenvalue weighted by molar-refractivity contribution is 0.597. The molecule has 0 aliphatic carbocycles. The van der Waals surface area contributed by atoms with Crippen molar-refractivity contribution in [2.75, 3.05) is 25.0 Å². The average molecular weight is 423 g/mol. The van der Waals surface area contributed by atoms with Crippen LogP contribution < -0.4 is 20.7 Å². The van der Waals surface area contributed by atoms with E-state index >= 15 is 0 Å². The first-order valence-electron chi connectivity index (χ1n) is 8.81. The van der Waals surface area contributed by atoms with E-state index in [-0.39, 0.29) is 10.9 Å². The first-order chi connectivity index (χ1) is 13.4. The topological polar surface area (TPSA) is 113 Å². The fraction of sp³-hybridized carbons (Fsp3) is 0.333. The van der Waals surface area contributed by atoms with Gasteiger partial charge in [-0.05, 0) is 36.2 Å². The zero-order chi connectivity index (χ0) is 20.1. The Kier molecular flexibility index (Phi) is 6.38. The highest BCUT2D eigenvalue weighted by Crippen LogP contribution is 2.25. The van der Waals surface area contributed by atoms with Crippen LogP contribution in [0.1, 0.15) is 12.0 Å². The number of nitrogens with two attached hydrogens (primary N) is 1. The van der Waals surface area contributed by atoms with Crippen molar-refractivity contribution in [1.29, 1.82) is 0 Å². The first kappa shape index (κ1) is 20.4. The molecule has 2 aromatic rings. The minimum absolute atomic E-state index is 0.0911. The molecule has 1 aliphatic rings. The van der Waals surface area contributed by atoms with Crippen molar-refractivity contribution in [2.45, 2.75) is 23.9 Å². The highest BCUT2D eigenvalue weighted by atomic mass is 35.5. The van der Waals surface area contributed by atoms with Crippen LogP contribution in [0.5, 0.6) is 0 Å². The van der Waals surface area contributed by atoms with Crippen LogP contribution in [0.15, 0.2) is 52.5 Å². The van der Waals surface area contributed by atoms with E-state index in [1.165, 1.54) is 6.07 Å². The Morgan fingerprint density at radius 1 is 1.39 bits per heavy atom. The Bertz CT molecular complexity index is 966. The van der Waals surface area contributed by atoms with E-state index in [0.717, 1.165) is 30.9 Å². The number of aliphatic imine (C=N–C) groups is 1. The van der Waals surface area contributed by atoms with Crippen LogP contribution in [0.25, 0.3) is 0 Å². The van der Waals surface area contributed by atoms with Crippen LogP contribution in [0, 0.1) is 0 Å². The highest BCUT2D eigenvalue weighted by molar-refractivity contribution is 7.89. The van der Waals surface area contributed by atoms with Crippen LogP contribution in [0.4, 0.5) is 5.82 Å². The lowest BCUT2D eigenvalue weighted by atomic mass is 10.2. The summed E-state index contributed by atoms with van der Waals surface area (Å²) < 4.78 is 23.0. The summed E-state index contributed by atoms with van der Waals surface area (Å²) in [6.45, 7) is 2.03. The number of guanidine groups is 1. The van der Waals surface area contributed by atoms with Crippen LogP contribution in [0.3, 0.4) is 0 Å². The largest absolute Gasteiger partial charge is 0.353 e. The maximum Gasteiger partial charge on any atom is 0.238 e. The maximum absolute atomic E-state index is 11.5. The van der Waals surface area contributed by atoms with Crippen molar-refractivity contribution in [1.82, 2.24) is 15.6 Å². The van der Waals surface area contributed by atoms with Gasteiger partial charge in [0.25, 0.3) is 0 Å². The molecule has 1 unspecified atom stereocenters. The molecule has 0 spiro atoms. The summed E-state index contributed by atoms with van der Waals surface area (Å²) in [4.78, 5) is 10.8. The number of halogens is 1. The second-order valence-electron chi connectivity index (χ2n) is 6.50. The van der Waals surface area contributed by atoms with Gasteiger partial charge >= 0.3 is 0 Å². The van der Waals surface area contributed by atoms with E-state index in [1.807, 2.05) is 18.2 Å². The molecule has 0 radical (unpaired) electrons. The van der Waals surface area contributed by atoms with Gasteiger partial charge in [0.2, 0.25) is 10.0 Å². The number of benzene rings is 1. The van der Waals surface area contributed by atoms with E-state index < -0.39 is 10.0 Å². The summed E-state index contributed by atoms with van der Waals surface area (Å²) in [7, 11) is -2.03.